The van der Waals surface area contributed by atoms with Gasteiger partial charge in [0.1, 0.15) is 18.1 Å². The number of nitrogens with one attached hydrogen (secondary N) is 2. The van der Waals surface area contributed by atoms with Crippen LogP contribution in [0, 0.1) is 0 Å². The highest BCUT2D eigenvalue weighted by atomic mass is 16.5. The number of rotatable bonds is 5. The quantitative estimate of drug-likeness (QED) is 0.506. The molecule has 4 heteroatoms. The Kier molecular flexibility index (Phi) is 5.87. The molecule has 158 valence electrons. The van der Waals surface area contributed by atoms with Crippen molar-refractivity contribution in [2.24, 2.45) is 4.99 Å². The molecule has 2 aromatic heterocycles. The number of fused-ring (bicyclic) bond motifs is 2. The van der Waals surface area contributed by atoms with Gasteiger partial charge in [0.2, 0.25) is 0 Å². The predicted molar refractivity (Wildman–Crippen MR) is 126 cm³/mol. The Labute approximate surface area is 183 Å². The van der Waals surface area contributed by atoms with Gasteiger partial charge in [0.15, 0.2) is 0 Å². The summed E-state index contributed by atoms with van der Waals surface area (Å²) in [7, 11) is 0. The maximum Gasteiger partial charge on any atom is 0.147 e. The summed E-state index contributed by atoms with van der Waals surface area (Å²) in [6.45, 7) is 0.528. The molecule has 0 fully saturated rings. The number of nitrogens with zero attached hydrogens (tertiary/aromatic N) is 1. The highest BCUT2D eigenvalue weighted by molar-refractivity contribution is 6.11. The summed E-state index contributed by atoms with van der Waals surface area (Å²) in [6, 6.07) is 16.7. The van der Waals surface area contributed by atoms with E-state index in [9.17, 15) is 0 Å². The van der Waals surface area contributed by atoms with Crippen molar-refractivity contribution >= 4 is 11.8 Å². The Morgan fingerprint density at radius 3 is 2.61 bits per heavy atom. The van der Waals surface area contributed by atoms with Crippen LogP contribution in [-0.4, -0.2) is 15.7 Å². The van der Waals surface area contributed by atoms with Crippen molar-refractivity contribution in [1.29, 1.82) is 0 Å². The number of allylic oxidation sites excluding steroid dienone is 1. The zero-order valence-electron chi connectivity index (χ0n) is 17.9. The Hall–Kier alpha value is -3.27. The maximum atomic E-state index is 6.24. The number of aliphatic imine (C=N–C) groups is 1. The molecule has 0 unspecified atom stereocenters. The molecule has 2 aliphatic rings. The average molecular weight is 412 g/mol. The molecule has 3 heterocycles. The van der Waals surface area contributed by atoms with Gasteiger partial charge in [0.25, 0.3) is 0 Å². The molecule has 0 saturated carbocycles. The largest absolute Gasteiger partial charge is 0.487 e. The summed E-state index contributed by atoms with van der Waals surface area (Å²) in [5, 5.41) is 0. The van der Waals surface area contributed by atoms with Gasteiger partial charge < -0.3 is 14.7 Å². The molecule has 4 nitrogen and oxygen atoms in total. The zero-order valence-corrected chi connectivity index (χ0v) is 17.9. The summed E-state index contributed by atoms with van der Waals surface area (Å²) >= 11 is 0. The molecule has 1 aliphatic carbocycles. The van der Waals surface area contributed by atoms with Crippen LogP contribution in [0.3, 0.4) is 0 Å². The van der Waals surface area contributed by atoms with E-state index in [-0.39, 0.29) is 0 Å². The first-order valence-corrected chi connectivity index (χ1v) is 11.4. The van der Waals surface area contributed by atoms with Gasteiger partial charge in [-0.05, 0) is 61.1 Å². The molecule has 1 aliphatic heterocycles. The van der Waals surface area contributed by atoms with Crippen LogP contribution in [0.1, 0.15) is 60.3 Å². The van der Waals surface area contributed by atoms with E-state index >= 15 is 0 Å². The third-order valence-electron chi connectivity index (χ3n) is 6.04. The number of aromatic amines is 2. The van der Waals surface area contributed by atoms with E-state index in [1.807, 2.05) is 42.6 Å². The Balaban J connectivity index is 1.45. The first-order chi connectivity index (χ1) is 15.3. The summed E-state index contributed by atoms with van der Waals surface area (Å²) < 4.78 is 6.24. The maximum absolute atomic E-state index is 6.24. The molecule has 0 radical (unpaired) electrons. The van der Waals surface area contributed by atoms with E-state index in [2.05, 4.69) is 34.2 Å². The highest BCUT2D eigenvalue weighted by Gasteiger charge is 2.19. The van der Waals surface area contributed by atoms with Gasteiger partial charge in [0, 0.05) is 23.7 Å². The van der Waals surface area contributed by atoms with Crippen molar-refractivity contribution in [3.63, 3.8) is 0 Å². The lowest BCUT2D eigenvalue weighted by molar-refractivity contribution is 0.208. The minimum atomic E-state index is 0.528. The standard InChI is InChI=1S/C27H29N3O/c1-2-7-12-21-16-22(13-8-3-1)29-24(21)17-26-27(31-19-20-10-5-4-6-11-20)18-25(30-26)23-14-9-15-28-23/h4-6,9-11,14-18,28-29H,1-3,7-8,12-13,19H2/b26-17-. The third kappa shape index (κ3) is 4.74. The second-order valence-corrected chi connectivity index (χ2v) is 8.39. The molecular weight excluding hydrogens is 382 g/mol. The van der Waals surface area contributed by atoms with Crippen LogP contribution in [0.2, 0.25) is 0 Å². The lowest BCUT2D eigenvalue weighted by Gasteiger charge is -2.08. The van der Waals surface area contributed by atoms with Gasteiger partial charge in [-0.3, -0.25) is 0 Å². The molecular formula is C27H29N3O. The SMILES string of the molecule is C1=C(OCc2ccccc2)/C(=C/c2[nH]c3cc2CCCCCCC3)N=C1c1ccc[nH]1. The molecule has 5 rings (SSSR count). The number of H-pyrrole nitrogens is 2. The number of aryl methyl sites for hydroxylation is 2. The molecule has 2 N–H and O–H groups in total. The minimum absolute atomic E-state index is 0.528. The fraction of sp³-hybridized carbons (Fsp3) is 0.296. The van der Waals surface area contributed by atoms with Crippen molar-refractivity contribution in [3.8, 4) is 0 Å². The van der Waals surface area contributed by atoms with E-state index < -0.39 is 0 Å². The van der Waals surface area contributed by atoms with E-state index in [1.54, 1.807) is 0 Å². The van der Waals surface area contributed by atoms with Gasteiger partial charge in [-0.25, -0.2) is 4.99 Å². The molecule has 31 heavy (non-hydrogen) atoms. The molecule has 1 aromatic carbocycles. The third-order valence-corrected chi connectivity index (χ3v) is 6.04. The van der Waals surface area contributed by atoms with Crippen molar-refractivity contribution in [2.45, 2.75) is 51.6 Å². The van der Waals surface area contributed by atoms with Gasteiger partial charge in [0.05, 0.1) is 11.4 Å². The summed E-state index contributed by atoms with van der Waals surface area (Å²) in [4.78, 5) is 11.8. The monoisotopic (exact) mass is 411 g/mol. The van der Waals surface area contributed by atoms with Gasteiger partial charge in [-0.1, -0.05) is 49.6 Å². The number of hydrogen-bond acceptors (Lipinski definition) is 2. The highest BCUT2D eigenvalue weighted by Crippen LogP contribution is 2.28. The van der Waals surface area contributed by atoms with Crippen molar-refractivity contribution in [3.05, 3.63) is 100 Å². The van der Waals surface area contributed by atoms with Gasteiger partial charge in [-0.2, -0.15) is 0 Å². The number of ether oxygens (including phenoxy) is 1. The summed E-state index contributed by atoms with van der Waals surface area (Å²) in [5.74, 6) is 0.819. The Morgan fingerprint density at radius 1 is 0.935 bits per heavy atom. The van der Waals surface area contributed by atoms with Gasteiger partial charge >= 0.3 is 0 Å². The van der Waals surface area contributed by atoms with E-state index in [0.717, 1.165) is 41.3 Å². The van der Waals surface area contributed by atoms with Crippen LogP contribution < -0.4 is 0 Å². The number of benzene rings is 1. The molecule has 0 saturated heterocycles. The van der Waals surface area contributed by atoms with Crippen molar-refractivity contribution < 1.29 is 4.74 Å². The molecule has 0 amide bonds. The number of hydrogen-bond donors (Lipinski definition) is 2. The summed E-state index contributed by atoms with van der Waals surface area (Å²) in [5.41, 5.74) is 7.86. The first-order valence-electron chi connectivity index (χ1n) is 11.4. The first kappa shape index (κ1) is 19.7. The Morgan fingerprint density at radius 2 is 1.77 bits per heavy atom. The van der Waals surface area contributed by atoms with Crippen LogP contribution in [0.15, 0.2) is 77.3 Å². The van der Waals surface area contributed by atoms with Crippen LogP contribution in [0.5, 0.6) is 0 Å². The molecule has 3 aromatic rings. The topological polar surface area (TPSA) is 53.2 Å². The van der Waals surface area contributed by atoms with Crippen molar-refractivity contribution in [1.82, 2.24) is 9.97 Å². The smallest absolute Gasteiger partial charge is 0.147 e. The van der Waals surface area contributed by atoms with Crippen LogP contribution in [0.4, 0.5) is 0 Å². The molecule has 0 atom stereocenters. The normalized spacial score (nSPS) is 18.0. The lowest BCUT2D eigenvalue weighted by Crippen LogP contribution is -1.95. The van der Waals surface area contributed by atoms with E-state index in [0.29, 0.717) is 6.61 Å². The second kappa shape index (κ2) is 9.25. The van der Waals surface area contributed by atoms with E-state index in [1.165, 1.54) is 49.1 Å². The zero-order chi connectivity index (χ0) is 20.9. The fourth-order valence-corrected chi connectivity index (χ4v) is 4.34. The van der Waals surface area contributed by atoms with E-state index in [4.69, 9.17) is 9.73 Å². The van der Waals surface area contributed by atoms with Crippen LogP contribution >= 0.6 is 0 Å². The number of aromatic nitrogens is 2. The summed E-state index contributed by atoms with van der Waals surface area (Å²) in [6.07, 6.45) is 14.9. The molecule has 0 spiro atoms. The lowest BCUT2D eigenvalue weighted by atomic mass is 10.0. The molecule has 2 bridgehead atoms. The van der Waals surface area contributed by atoms with Crippen LogP contribution in [0.25, 0.3) is 6.08 Å². The minimum Gasteiger partial charge on any atom is -0.487 e. The predicted octanol–water partition coefficient (Wildman–Crippen LogP) is 6.34. The van der Waals surface area contributed by atoms with Gasteiger partial charge in [-0.15, -0.1) is 0 Å². The van der Waals surface area contributed by atoms with Crippen molar-refractivity contribution in [2.75, 3.05) is 0 Å². The Bertz CT molecular complexity index is 1100. The average Bonchev–Trinajstić information content (AvgIpc) is 3.54. The van der Waals surface area contributed by atoms with Crippen LogP contribution in [-0.2, 0) is 24.2 Å². The fourth-order valence-electron chi connectivity index (χ4n) is 4.34. The second-order valence-electron chi connectivity index (χ2n) is 8.39.